The van der Waals surface area contributed by atoms with Crippen molar-refractivity contribution in [1.29, 1.82) is 0 Å². The predicted octanol–water partition coefficient (Wildman–Crippen LogP) is 5.29. The van der Waals surface area contributed by atoms with Gasteiger partial charge in [-0.3, -0.25) is 0 Å². The van der Waals surface area contributed by atoms with Crippen molar-refractivity contribution < 1.29 is 4.74 Å². The highest BCUT2D eigenvalue weighted by Gasteiger charge is 2.35. The van der Waals surface area contributed by atoms with E-state index in [9.17, 15) is 0 Å². The molecule has 0 spiro atoms. The second-order valence-electron chi connectivity index (χ2n) is 6.12. The van der Waals surface area contributed by atoms with Crippen LogP contribution in [-0.4, -0.2) is 13.2 Å². The summed E-state index contributed by atoms with van der Waals surface area (Å²) in [5, 5.41) is 0. The average molecular weight is 282 g/mol. The van der Waals surface area contributed by atoms with E-state index in [0.29, 0.717) is 0 Å². The number of hydrogen-bond acceptors (Lipinski definition) is 1. The minimum absolute atomic E-state index is 0.0675. The summed E-state index contributed by atoms with van der Waals surface area (Å²) in [7, 11) is 0. The molecule has 1 aromatic carbocycles. The van der Waals surface area contributed by atoms with Gasteiger partial charge in [-0.05, 0) is 44.2 Å². The van der Waals surface area contributed by atoms with Gasteiger partial charge >= 0.3 is 0 Å². The third-order valence-electron chi connectivity index (χ3n) is 4.42. The van der Waals surface area contributed by atoms with Crippen LogP contribution in [0.2, 0.25) is 0 Å². The molecule has 1 aromatic rings. The van der Waals surface area contributed by atoms with Crippen molar-refractivity contribution in [2.24, 2.45) is 0 Å². The maximum Gasteiger partial charge on any atom is 0.0566 e. The van der Waals surface area contributed by atoms with Crippen LogP contribution in [0, 0.1) is 0 Å². The fraction of sp³-hybridized carbons (Fsp3) is 0.400. The Kier molecular flexibility index (Phi) is 5.19. The van der Waals surface area contributed by atoms with Gasteiger partial charge in [0.15, 0.2) is 0 Å². The fourth-order valence-electron chi connectivity index (χ4n) is 3.09. The monoisotopic (exact) mass is 282 g/mol. The molecule has 1 aliphatic rings. The molecule has 1 heterocycles. The second-order valence-corrected chi connectivity index (χ2v) is 6.12. The zero-order valence-electron chi connectivity index (χ0n) is 13.3. The summed E-state index contributed by atoms with van der Waals surface area (Å²) in [5.74, 6) is 0. The molecule has 0 radical (unpaired) electrons. The Hall–Kier alpha value is -1.60. The Morgan fingerprint density at radius 2 is 2.10 bits per heavy atom. The zero-order chi connectivity index (χ0) is 15.3. The van der Waals surface area contributed by atoms with Crippen molar-refractivity contribution in [3.05, 3.63) is 66.3 Å². The van der Waals surface area contributed by atoms with Gasteiger partial charge in [-0.25, -0.2) is 0 Å². The first-order valence-electron chi connectivity index (χ1n) is 7.71. The average Bonchev–Trinajstić information content (AvgIpc) is 2.53. The van der Waals surface area contributed by atoms with Crippen molar-refractivity contribution in [2.75, 3.05) is 13.2 Å². The summed E-state index contributed by atoms with van der Waals surface area (Å²) in [6.45, 7) is 13.9. The first-order chi connectivity index (χ1) is 10.1. The van der Waals surface area contributed by atoms with Crippen LogP contribution in [0.3, 0.4) is 0 Å². The number of rotatable bonds is 5. The molecular weight excluding hydrogens is 256 g/mol. The van der Waals surface area contributed by atoms with E-state index >= 15 is 0 Å². The van der Waals surface area contributed by atoms with Crippen LogP contribution in [0.1, 0.15) is 44.2 Å². The summed E-state index contributed by atoms with van der Waals surface area (Å²) in [5.41, 5.74) is 5.07. The van der Waals surface area contributed by atoms with Gasteiger partial charge in [0, 0.05) is 12.0 Å². The third-order valence-corrected chi connectivity index (χ3v) is 4.42. The lowest BCUT2D eigenvalue weighted by Crippen LogP contribution is -2.36. The Morgan fingerprint density at radius 1 is 1.33 bits per heavy atom. The largest absolute Gasteiger partial charge is 0.381 e. The number of allylic oxidation sites excluding steroid dienone is 4. The molecule has 2 rings (SSSR count). The van der Waals surface area contributed by atoms with E-state index in [0.717, 1.165) is 38.0 Å². The van der Waals surface area contributed by atoms with Gasteiger partial charge in [0.2, 0.25) is 0 Å². The first-order valence-corrected chi connectivity index (χ1v) is 7.71. The van der Waals surface area contributed by atoms with Gasteiger partial charge in [-0.15, -0.1) is 0 Å². The highest BCUT2D eigenvalue weighted by molar-refractivity contribution is 5.66. The van der Waals surface area contributed by atoms with E-state index in [1.54, 1.807) is 0 Å². The van der Waals surface area contributed by atoms with Gasteiger partial charge in [-0.1, -0.05) is 60.7 Å². The minimum atomic E-state index is 0.0675. The molecule has 1 fully saturated rings. The molecule has 1 saturated heterocycles. The molecule has 0 aromatic heterocycles. The van der Waals surface area contributed by atoms with Crippen LogP contribution < -0.4 is 0 Å². The molecule has 0 N–H and O–H groups in total. The lowest BCUT2D eigenvalue weighted by Gasteiger charge is -2.38. The Bertz CT molecular complexity index is 545. The molecule has 112 valence electrons. The third kappa shape index (κ3) is 3.54. The van der Waals surface area contributed by atoms with E-state index in [1.807, 2.05) is 6.08 Å². The Labute approximate surface area is 129 Å². The van der Waals surface area contributed by atoms with Crippen molar-refractivity contribution in [1.82, 2.24) is 0 Å². The van der Waals surface area contributed by atoms with Gasteiger partial charge in [0.05, 0.1) is 6.61 Å². The lowest BCUT2D eigenvalue weighted by atomic mass is 9.71. The standard InChI is InChI=1S/C20H26O/c1-5-17(4)11-13-20(12-8-14-21-15-20)19-10-7-6-9-18(19)16(2)3/h5-7,9-11H,1-2,8,12-15H2,3-4H3/b17-11-. The highest BCUT2D eigenvalue weighted by Crippen LogP contribution is 2.40. The summed E-state index contributed by atoms with van der Waals surface area (Å²) in [6, 6.07) is 8.64. The quantitative estimate of drug-likeness (QED) is 0.667. The number of benzene rings is 1. The van der Waals surface area contributed by atoms with Crippen LogP contribution in [0.25, 0.3) is 5.57 Å². The van der Waals surface area contributed by atoms with Crippen molar-refractivity contribution >= 4 is 5.57 Å². The van der Waals surface area contributed by atoms with E-state index in [1.165, 1.54) is 16.7 Å². The van der Waals surface area contributed by atoms with Gasteiger partial charge in [0.1, 0.15) is 0 Å². The van der Waals surface area contributed by atoms with Crippen molar-refractivity contribution in [3.8, 4) is 0 Å². The minimum Gasteiger partial charge on any atom is -0.381 e. The van der Waals surface area contributed by atoms with Crippen molar-refractivity contribution in [3.63, 3.8) is 0 Å². The molecule has 1 heteroatoms. The normalized spacial score (nSPS) is 22.9. The summed E-state index contributed by atoms with van der Waals surface area (Å²) in [6.07, 6.45) is 7.48. The highest BCUT2D eigenvalue weighted by atomic mass is 16.5. The molecule has 1 unspecified atom stereocenters. The van der Waals surface area contributed by atoms with E-state index in [4.69, 9.17) is 4.74 Å². The van der Waals surface area contributed by atoms with Gasteiger partial charge in [-0.2, -0.15) is 0 Å². The van der Waals surface area contributed by atoms with Crippen LogP contribution >= 0.6 is 0 Å². The second kappa shape index (κ2) is 6.91. The van der Waals surface area contributed by atoms with Crippen LogP contribution in [0.15, 0.2) is 55.1 Å². The van der Waals surface area contributed by atoms with Crippen molar-refractivity contribution in [2.45, 2.75) is 38.5 Å². The molecule has 21 heavy (non-hydrogen) atoms. The molecule has 1 aliphatic heterocycles. The van der Waals surface area contributed by atoms with Crippen LogP contribution in [-0.2, 0) is 10.2 Å². The molecule has 0 bridgehead atoms. The predicted molar refractivity (Wildman–Crippen MR) is 91.5 cm³/mol. The molecule has 1 nitrogen and oxygen atoms in total. The maximum absolute atomic E-state index is 5.86. The van der Waals surface area contributed by atoms with Gasteiger partial charge < -0.3 is 4.74 Å². The maximum atomic E-state index is 5.86. The lowest BCUT2D eigenvalue weighted by molar-refractivity contribution is 0.0350. The molecular formula is C20H26O. The molecule has 1 atom stereocenters. The zero-order valence-corrected chi connectivity index (χ0v) is 13.3. The van der Waals surface area contributed by atoms with E-state index in [-0.39, 0.29) is 5.41 Å². The fourth-order valence-corrected chi connectivity index (χ4v) is 3.09. The first kappa shape index (κ1) is 15.8. The smallest absolute Gasteiger partial charge is 0.0566 e. The van der Waals surface area contributed by atoms with E-state index in [2.05, 4.69) is 57.3 Å². The summed E-state index contributed by atoms with van der Waals surface area (Å²) < 4.78 is 5.86. The Morgan fingerprint density at radius 3 is 2.71 bits per heavy atom. The number of hydrogen-bond donors (Lipinski definition) is 0. The topological polar surface area (TPSA) is 9.23 Å². The summed E-state index contributed by atoms with van der Waals surface area (Å²) >= 11 is 0. The van der Waals surface area contributed by atoms with E-state index < -0.39 is 0 Å². The summed E-state index contributed by atoms with van der Waals surface area (Å²) in [4.78, 5) is 0. The molecule has 0 amide bonds. The molecule has 0 aliphatic carbocycles. The van der Waals surface area contributed by atoms with Crippen LogP contribution in [0.4, 0.5) is 0 Å². The van der Waals surface area contributed by atoms with Crippen LogP contribution in [0.5, 0.6) is 0 Å². The number of ether oxygens (including phenoxy) is 1. The van der Waals surface area contributed by atoms with Gasteiger partial charge in [0.25, 0.3) is 0 Å². The molecule has 0 saturated carbocycles. The SMILES string of the molecule is C=C/C(C)=C\CC1(c2ccccc2C(=C)C)CCCOC1. The Balaban J connectivity index is 2.45.